The Morgan fingerprint density at radius 3 is 2.78 bits per heavy atom. The van der Waals surface area contributed by atoms with Crippen LogP contribution in [0.3, 0.4) is 0 Å². The highest BCUT2D eigenvalue weighted by atomic mass is 35.5. The van der Waals surface area contributed by atoms with Crippen LogP contribution in [-0.2, 0) is 6.54 Å². The number of aromatic nitrogens is 1. The molecule has 1 fully saturated rings. The van der Waals surface area contributed by atoms with Gasteiger partial charge in [0, 0.05) is 56.2 Å². The number of halogens is 1. The topological polar surface area (TPSA) is 34.6 Å². The molecule has 6 heteroatoms. The quantitative estimate of drug-likeness (QED) is 0.660. The summed E-state index contributed by atoms with van der Waals surface area (Å²) in [6, 6.07) is 1.98. The van der Waals surface area contributed by atoms with Crippen LogP contribution < -0.4 is 5.32 Å². The lowest BCUT2D eigenvalue weighted by atomic mass is 10.0. The molecule has 1 saturated heterocycles. The highest BCUT2D eigenvalue weighted by Gasteiger charge is 2.24. The lowest BCUT2D eigenvalue weighted by molar-refractivity contribution is -0.0226. The van der Waals surface area contributed by atoms with Gasteiger partial charge in [0.2, 0.25) is 0 Å². The van der Waals surface area contributed by atoms with E-state index in [1.807, 2.05) is 12.3 Å². The molecule has 0 amide bonds. The predicted octanol–water partition coefficient (Wildman–Crippen LogP) is 2.40. The fourth-order valence-electron chi connectivity index (χ4n) is 3.05. The molecule has 2 aliphatic rings. The molecule has 0 unspecified atom stereocenters. The summed E-state index contributed by atoms with van der Waals surface area (Å²) in [6.45, 7) is 8.39. The zero-order valence-electron chi connectivity index (χ0n) is 14.1. The molecule has 3 rings (SSSR count). The minimum Gasteiger partial charge on any atom is -0.383 e. The van der Waals surface area contributed by atoms with E-state index in [-0.39, 0.29) is 0 Å². The van der Waals surface area contributed by atoms with Crippen LogP contribution >= 0.6 is 11.6 Å². The smallest absolute Gasteiger partial charge is 0.129 e. The molecule has 1 N–H and O–H groups in total. The number of fused-ring (bicyclic) bond motifs is 1. The summed E-state index contributed by atoms with van der Waals surface area (Å²) in [5, 5.41) is 8.90. The maximum atomic E-state index is 6.11. The largest absolute Gasteiger partial charge is 0.383 e. The number of pyridine rings is 1. The average Bonchev–Trinajstić information content (AvgIpc) is 2.56. The summed E-state index contributed by atoms with van der Waals surface area (Å²) in [5.41, 5.74) is 3.57. The van der Waals surface area contributed by atoms with Crippen LogP contribution in [0.1, 0.15) is 30.9 Å². The summed E-state index contributed by atoms with van der Waals surface area (Å²) in [5.74, 6) is 0. The van der Waals surface area contributed by atoms with E-state index in [9.17, 15) is 0 Å². The van der Waals surface area contributed by atoms with E-state index in [1.54, 1.807) is 0 Å². The van der Waals surface area contributed by atoms with Gasteiger partial charge in [0.25, 0.3) is 0 Å². The highest BCUT2D eigenvalue weighted by Crippen LogP contribution is 2.27. The van der Waals surface area contributed by atoms with Crippen molar-refractivity contribution >= 4 is 17.3 Å². The van der Waals surface area contributed by atoms with Crippen LogP contribution in [0, 0.1) is 0 Å². The fourth-order valence-corrected chi connectivity index (χ4v) is 3.21. The average molecular weight is 336 g/mol. The number of likely N-dealkylation sites (N-methyl/N-ethyl adjacent to an activating group) is 1. The number of hydrogen-bond acceptors (Lipinski definition) is 5. The fraction of sp³-hybridized carbons (Fsp3) is 0.588. The lowest BCUT2D eigenvalue weighted by Crippen LogP contribution is -2.51. The number of nitrogens with zero attached hydrogens (tertiary/aromatic N) is 4. The number of rotatable bonds is 5. The normalized spacial score (nSPS) is 19.4. The van der Waals surface area contributed by atoms with Crippen LogP contribution in [0.5, 0.6) is 0 Å². The van der Waals surface area contributed by atoms with Crippen LogP contribution in [0.2, 0.25) is 5.15 Å². The Kier molecular flexibility index (Phi) is 5.41. The maximum absolute atomic E-state index is 6.11. The molecule has 1 aromatic heterocycles. The first-order valence-corrected chi connectivity index (χ1v) is 8.85. The first kappa shape index (κ1) is 16.6. The SMILES string of the molecule is CCCCNC1=CN(N2CCN(C)CC2)Cc2cnc(Cl)cc21. The van der Waals surface area contributed by atoms with Crippen molar-refractivity contribution < 1.29 is 0 Å². The van der Waals surface area contributed by atoms with E-state index in [2.05, 4.69) is 45.4 Å². The lowest BCUT2D eigenvalue weighted by Gasteiger charge is -2.42. The third-order valence-electron chi connectivity index (χ3n) is 4.54. The second-order valence-corrected chi connectivity index (χ2v) is 6.73. The van der Waals surface area contributed by atoms with Crippen molar-refractivity contribution in [2.75, 3.05) is 39.8 Å². The molecular formula is C17H26ClN5. The third kappa shape index (κ3) is 3.97. The van der Waals surface area contributed by atoms with Gasteiger partial charge in [-0.3, -0.25) is 0 Å². The number of piperazine rings is 1. The van der Waals surface area contributed by atoms with Crippen molar-refractivity contribution in [1.82, 2.24) is 25.2 Å². The second kappa shape index (κ2) is 7.51. The molecule has 0 atom stereocenters. The Morgan fingerprint density at radius 1 is 1.26 bits per heavy atom. The van der Waals surface area contributed by atoms with Crippen LogP contribution in [-0.4, -0.2) is 59.7 Å². The van der Waals surface area contributed by atoms with Gasteiger partial charge in [0.1, 0.15) is 5.15 Å². The van der Waals surface area contributed by atoms with Gasteiger partial charge < -0.3 is 15.2 Å². The van der Waals surface area contributed by atoms with Crippen LogP contribution in [0.15, 0.2) is 18.5 Å². The molecule has 1 aromatic rings. The van der Waals surface area contributed by atoms with E-state index in [0.717, 1.165) is 45.0 Å². The minimum absolute atomic E-state index is 0.556. The maximum Gasteiger partial charge on any atom is 0.129 e. The van der Waals surface area contributed by atoms with Gasteiger partial charge in [-0.2, -0.15) is 0 Å². The van der Waals surface area contributed by atoms with Crippen LogP contribution in [0.4, 0.5) is 0 Å². The van der Waals surface area contributed by atoms with Gasteiger partial charge in [0.15, 0.2) is 0 Å². The molecule has 0 aromatic carbocycles. The van der Waals surface area contributed by atoms with E-state index >= 15 is 0 Å². The molecule has 2 aliphatic heterocycles. The summed E-state index contributed by atoms with van der Waals surface area (Å²) in [6.07, 6.45) is 6.50. The second-order valence-electron chi connectivity index (χ2n) is 6.34. The van der Waals surface area contributed by atoms with Crippen molar-refractivity contribution in [2.45, 2.75) is 26.3 Å². The molecule has 0 aliphatic carbocycles. The van der Waals surface area contributed by atoms with Gasteiger partial charge in [-0.05, 0) is 19.5 Å². The van der Waals surface area contributed by atoms with E-state index in [4.69, 9.17) is 11.6 Å². The van der Waals surface area contributed by atoms with Gasteiger partial charge >= 0.3 is 0 Å². The van der Waals surface area contributed by atoms with Gasteiger partial charge in [-0.1, -0.05) is 24.9 Å². The molecule has 0 bridgehead atoms. The van der Waals surface area contributed by atoms with Crippen molar-refractivity contribution in [1.29, 1.82) is 0 Å². The monoisotopic (exact) mass is 335 g/mol. The van der Waals surface area contributed by atoms with E-state index < -0.39 is 0 Å². The Labute approximate surface area is 143 Å². The Morgan fingerprint density at radius 2 is 2.04 bits per heavy atom. The summed E-state index contributed by atoms with van der Waals surface area (Å²) >= 11 is 6.11. The molecule has 3 heterocycles. The van der Waals surface area contributed by atoms with Gasteiger partial charge in [0.05, 0.1) is 12.2 Å². The summed E-state index contributed by atoms with van der Waals surface area (Å²) in [7, 11) is 2.18. The molecule has 0 radical (unpaired) electrons. The predicted molar refractivity (Wildman–Crippen MR) is 94.7 cm³/mol. The standard InChI is InChI=1S/C17H26ClN5/c1-3-4-5-19-16-13-23(22-8-6-21(2)7-9-22)12-14-11-20-17(18)10-15(14)16/h10-11,13,19H,3-9,12H2,1-2H3. The van der Waals surface area contributed by atoms with Crippen molar-refractivity contribution in [3.8, 4) is 0 Å². The number of nitrogens with one attached hydrogen (secondary N) is 1. The minimum atomic E-state index is 0.556. The van der Waals surface area contributed by atoms with E-state index in [1.165, 1.54) is 24.0 Å². The molecule has 0 saturated carbocycles. The van der Waals surface area contributed by atoms with Crippen molar-refractivity contribution in [2.24, 2.45) is 0 Å². The Hall–Kier alpha value is -1.30. The molecule has 126 valence electrons. The van der Waals surface area contributed by atoms with Gasteiger partial charge in [-0.15, -0.1) is 0 Å². The van der Waals surface area contributed by atoms with Crippen molar-refractivity contribution in [3.63, 3.8) is 0 Å². The summed E-state index contributed by atoms with van der Waals surface area (Å²) in [4.78, 5) is 6.65. The molecule has 5 nitrogen and oxygen atoms in total. The molecule has 23 heavy (non-hydrogen) atoms. The Bertz CT molecular complexity index is 566. The number of hydrazine groups is 1. The zero-order valence-corrected chi connectivity index (χ0v) is 14.8. The van der Waals surface area contributed by atoms with E-state index in [0.29, 0.717) is 5.15 Å². The highest BCUT2D eigenvalue weighted by molar-refractivity contribution is 6.29. The third-order valence-corrected chi connectivity index (χ3v) is 4.75. The summed E-state index contributed by atoms with van der Waals surface area (Å²) < 4.78 is 0. The first-order chi connectivity index (χ1) is 11.2. The van der Waals surface area contributed by atoms with Crippen molar-refractivity contribution in [3.05, 3.63) is 34.7 Å². The van der Waals surface area contributed by atoms with Gasteiger partial charge in [-0.25, -0.2) is 9.99 Å². The van der Waals surface area contributed by atoms with Crippen LogP contribution in [0.25, 0.3) is 5.70 Å². The first-order valence-electron chi connectivity index (χ1n) is 8.48. The zero-order chi connectivity index (χ0) is 16.2. The number of hydrogen-bond donors (Lipinski definition) is 1. The molecular weight excluding hydrogens is 310 g/mol. The molecule has 0 spiro atoms. The number of unbranched alkanes of at least 4 members (excludes halogenated alkanes) is 1. The Balaban J connectivity index is 1.80.